The number of H-pyrrole nitrogens is 1. The van der Waals surface area contributed by atoms with Crippen molar-refractivity contribution >= 4 is 39.2 Å². The van der Waals surface area contributed by atoms with E-state index in [1.54, 1.807) is 4.57 Å². The number of aromatic nitrogens is 2. The normalized spacial score (nSPS) is 11.2. The Morgan fingerprint density at radius 2 is 1.95 bits per heavy atom. The SMILES string of the molecule is Fc1ccc(F)c(Cn2c(=S)[nH]c3ccc(Br)cc32)c1. The van der Waals surface area contributed by atoms with Crippen molar-refractivity contribution < 1.29 is 8.78 Å². The zero-order valence-electron chi connectivity index (χ0n) is 10.2. The fourth-order valence-electron chi connectivity index (χ4n) is 2.12. The molecular formula is C14H9BrF2N2S. The lowest BCUT2D eigenvalue weighted by atomic mass is 10.2. The third-order valence-electron chi connectivity index (χ3n) is 3.07. The summed E-state index contributed by atoms with van der Waals surface area (Å²) >= 11 is 8.64. The molecule has 0 saturated carbocycles. The van der Waals surface area contributed by atoms with Crippen LogP contribution in [0.3, 0.4) is 0 Å². The molecule has 0 spiro atoms. The van der Waals surface area contributed by atoms with Crippen LogP contribution in [0.5, 0.6) is 0 Å². The third kappa shape index (κ3) is 2.41. The molecule has 2 nitrogen and oxygen atoms in total. The molecule has 3 rings (SSSR count). The molecule has 0 atom stereocenters. The van der Waals surface area contributed by atoms with Crippen molar-refractivity contribution in [1.29, 1.82) is 0 Å². The topological polar surface area (TPSA) is 20.7 Å². The molecule has 0 unspecified atom stereocenters. The Bertz CT molecular complexity index is 854. The second-order valence-electron chi connectivity index (χ2n) is 4.41. The van der Waals surface area contributed by atoms with Gasteiger partial charge in [0.1, 0.15) is 11.6 Å². The Hall–Kier alpha value is -1.53. The molecule has 0 amide bonds. The Kier molecular flexibility index (Phi) is 3.43. The van der Waals surface area contributed by atoms with E-state index in [4.69, 9.17) is 12.2 Å². The van der Waals surface area contributed by atoms with Crippen molar-refractivity contribution in [3.8, 4) is 0 Å². The van der Waals surface area contributed by atoms with Gasteiger partial charge in [-0.1, -0.05) is 15.9 Å². The second-order valence-corrected chi connectivity index (χ2v) is 5.72. The van der Waals surface area contributed by atoms with E-state index in [-0.39, 0.29) is 12.1 Å². The number of hydrogen-bond acceptors (Lipinski definition) is 1. The summed E-state index contributed by atoms with van der Waals surface area (Å²) < 4.78 is 30.1. The standard InChI is InChI=1S/C14H9BrF2N2S/c15-9-1-4-12-13(6-9)19(14(20)18-12)7-8-5-10(16)2-3-11(8)17/h1-6H,7H2,(H,18,20). The lowest BCUT2D eigenvalue weighted by Crippen LogP contribution is -2.02. The monoisotopic (exact) mass is 354 g/mol. The molecule has 0 radical (unpaired) electrons. The second kappa shape index (κ2) is 5.10. The van der Waals surface area contributed by atoms with Crippen molar-refractivity contribution in [2.24, 2.45) is 0 Å². The number of benzene rings is 2. The van der Waals surface area contributed by atoms with Gasteiger partial charge in [-0.15, -0.1) is 0 Å². The van der Waals surface area contributed by atoms with Gasteiger partial charge in [-0.3, -0.25) is 0 Å². The Balaban J connectivity index is 2.15. The number of aromatic amines is 1. The highest BCUT2D eigenvalue weighted by Crippen LogP contribution is 2.21. The third-order valence-corrected chi connectivity index (χ3v) is 3.89. The first kappa shape index (κ1) is 13.5. The Morgan fingerprint density at radius 1 is 1.15 bits per heavy atom. The zero-order chi connectivity index (χ0) is 14.3. The molecule has 1 N–H and O–H groups in total. The first-order chi connectivity index (χ1) is 9.54. The van der Waals surface area contributed by atoms with Crippen LogP contribution < -0.4 is 0 Å². The molecule has 0 fully saturated rings. The maximum atomic E-state index is 13.7. The molecule has 0 bridgehead atoms. The Morgan fingerprint density at radius 3 is 2.75 bits per heavy atom. The molecular weight excluding hydrogens is 346 g/mol. The predicted octanol–water partition coefficient (Wildman–Crippen LogP) is 4.79. The van der Waals surface area contributed by atoms with Crippen molar-refractivity contribution in [2.45, 2.75) is 6.54 Å². The summed E-state index contributed by atoms with van der Waals surface area (Å²) in [6.45, 7) is 0.179. The highest BCUT2D eigenvalue weighted by Gasteiger charge is 2.09. The van der Waals surface area contributed by atoms with Crippen molar-refractivity contribution in [1.82, 2.24) is 9.55 Å². The minimum Gasteiger partial charge on any atom is -0.331 e. The van der Waals surface area contributed by atoms with Gasteiger partial charge in [0.05, 0.1) is 17.6 Å². The first-order valence-corrected chi connectivity index (χ1v) is 7.07. The van der Waals surface area contributed by atoms with E-state index in [0.717, 1.165) is 27.6 Å². The number of imidazole rings is 1. The van der Waals surface area contributed by atoms with E-state index in [2.05, 4.69) is 20.9 Å². The van der Waals surface area contributed by atoms with Gasteiger partial charge in [-0.2, -0.15) is 0 Å². The van der Waals surface area contributed by atoms with Crippen LogP contribution >= 0.6 is 28.1 Å². The summed E-state index contributed by atoms with van der Waals surface area (Å²) in [5.74, 6) is -0.911. The summed E-state index contributed by atoms with van der Waals surface area (Å²) in [4.78, 5) is 3.05. The smallest absolute Gasteiger partial charge is 0.178 e. The minimum absolute atomic E-state index is 0.179. The van der Waals surface area contributed by atoms with Crippen LogP contribution in [0.1, 0.15) is 5.56 Å². The molecule has 3 aromatic rings. The number of nitrogens with one attached hydrogen (secondary N) is 1. The average molecular weight is 355 g/mol. The van der Waals surface area contributed by atoms with Gasteiger partial charge in [0.25, 0.3) is 0 Å². The molecule has 0 aliphatic rings. The quantitative estimate of drug-likeness (QED) is 0.656. The van der Waals surface area contributed by atoms with E-state index < -0.39 is 11.6 Å². The van der Waals surface area contributed by atoms with Gasteiger partial charge in [-0.05, 0) is 48.6 Å². The van der Waals surface area contributed by atoms with Crippen LogP contribution in [0.4, 0.5) is 8.78 Å². The molecule has 0 aliphatic heterocycles. The summed E-state index contributed by atoms with van der Waals surface area (Å²) in [7, 11) is 0. The highest BCUT2D eigenvalue weighted by molar-refractivity contribution is 9.10. The predicted molar refractivity (Wildman–Crippen MR) is 80.3 cm³/mol. The van der Waals surface area contributed by atoms with Gasteiger partial charge in [0, 0.05) is 10.0 Å². The maximum Gasteiger partial charge on any atom is 0.178 e. The molecule has 6 heteroatoms. The van der Waals surface area contributed by atoms with E-state index in [1.807, 2.05) is 18.2 Å². The van der Waals surface area contributed by atoms with Crippen LogP contribution in [-0.2, 0) is 6.54 Å². The summed E-state index contributed by atoms with van der Waals surface area (Å²) in [6.07, 6.45) is 0. The molecule has 1 aromatic heterocycles. The van der Waals surface area contributed by atoms with Crippen LogP contribution in [0.25, 0.3) is 11.0 Å². The van der Waals surface area contributed by atoms with Gasteiger partial charge >= 0.3 is 0 Å². The van der Waals surface area contributed by atoms with Gasteiger partial charge in [0.15, 0.2) is 4.77 Å². The molecule has 1 heterocycles. The highest BCUT2D eigenvalue weighted by atomic mass is 79.9. The average Bonchev–Trinajstić information content (AvgIpc) is 2.70. The van der Waals surface area contributed by atoms with Gasteiger partial charge in [0.2, 0.25) is 0 Å². The number of fused-ring (bicyclic) bond motifs is 1. The van der Waals surface area contributed by atoms with Gasteiger partial charge in [-0.25, -0.2) is 8.78 Å². The fraction of sp³-hybridized carbons (Fsp3) is 0.0714. The number of nitrogens with zero attached hydrogens (tertiary/aromatic N) is 1. The number of halogens is 3. The van der Waals surface area contributed by atoms with Crippen molar-refractivity contribution in [3.05, 3.63) is 62.8 Å². The molecule has 2 aromatic carbocycles. The maximum absolute atomic E-state index is 13.7. The van der Waals surface area contributed by atoms with E-state index in [1.165, 1.54) is 6.07 Å². The van der Waals surface area contributed by atoms with E-state index in [0.29, 0.717) is 4.77 Å². The lowest BCUT2D eigenvalue weighted by molar-refractivity contribution is 0.578. The van der Waals surface area contributed by atoms with E-state index >= 15 is 0 Å². The van der Waals surface area contributed by atoms with Crippen molar-refractivity contribution in [3.63, 3.8) is 0 Å². The number of rotatable bonds is 2. The molecule has 0 aliphatic carbocycles. The largest absolute Gasteiger partial charge is 0.331 e. The fourth-order valence-corrected chi connectivity index (χ4v) is 2.74. The van der Waals surface area contributed by atoms with Crippen LogP contribution in [-0.4, -0.2) is 9.55 Å². The zero-order valence-corrected chi connectivity index (χ0v) is 12.6. The summed E-state index contributed by atoms with van der Waals surface area (Å²) in [6, 6.07) is 9.07. The molecule has 102 valence electrons. The van der Waals surface area contributed by atoms with Gasteiger partial charge < -0.3 is 9.55 Å². The molecule has 20 heavy (non-hydrogen) atoms. The first-order valence-electron chi connectivity index (χ1n) is 5.86. The van der Waals surface area contributed by atoms with Crippen molar-refractivity contribution in [2.75, 3.05) is 0 Å². The minimum atomic E-state index is -0.464. The summed E-state index contributed by atoms with van der Waals surface area (Å²) in [5.41, 5.74) is 1.96. The lowest BCUT2D eigenvalue weighted by Gasteiger charge is -2.06. The number of hydrogen-bond donors (Lipinski definition) is 1. The Labute approximate surface area is 127 Å². The van der Waals surface area contributed by atoms with E-state index in [9.17, 15) is 8.78 Å². The summed E-state index contributed by atoms with van der Waals surface area (Å²) in [5, 5.41) is 0. The van der Waals surface area contributed by atoms with Crippen LogP contribution in [0.15, 0.2) is 40.9 Å². The van der Waals surface area contributed by atoms with Crippen LogP contribution in [0, 0.1) is 16.4 Å². The molecule has 0 saturated heterocycles. The van der Waals surface area contributed by atoms with Crippen LogP contribution in [0.2, 0.25) is 0 Å².